The highest BCUT2D eigenvalue weighted by Gasteiger charge is 2.33. The zero-order valence-corrected chi connectivity index (χ0v) is 16.4. The van der Waals surface area contributed by atoms with Crippen LogP contribution < -0.4 is 0 Å². The molecule has 0 heterocycles. The number of esters is 1. The van der Waals surface area contributed by atoms with Crippen molar-refractivity contribution in [2.75, 3.05) is 0 Å². The summed E-state index contributed by atoms with van der Waals surface area (Å²) in [6.45, 7) is 6.75. The summed E-state index contributed by atoms with van der Waals surface area (Å²) < 4.78 is 6.10. The fourth-order valence-electron chi connectivity index (χ4n) is 4.60. The lowest BCUT2D eigenvalue weighted by Gasteiger charge is -2.36. The van der Waals surface area contributed by atoms with Crippen LogP contribution in [-0.4, -0.2) is 12.1 Å². The van der Waals surface area contributed by atoms with E-state index < -0.39 is 0 Å². The first kappa shape index (κ1) is 18.0. The van der Waals surface area contributed by atoms with Crippen molar-refractivity contribution in [1.82, 2.24) is 0 Å². The molecule has 0 spiro atoms. The second-order valence-corrected chi connectivity index (χ2v) is 8.50. The van der Waals surface area contributed by atoms with E-state index in [1.54, 1.807) is 0 Å². The molecule has 1 aliphatic rings. The Labute approximate surface area is 161 Å². The Hall–Kier alpha value is -2.35. The largest absolute Gasteiger partial charge is 0.458 e. The third-order valence-corrected chi connectivity index (χ3v) is 6.19. The maximum absolute atomic E-state index is 13.1. The van der Waals surface area contributed by atoms with Gasteiger partial charge in [0.15, 0.2) is 0 Å². The first-order chi connectivity index (χ1) is 13.0. The molecular weight excluding hydrogens is 332 g/mol. The molecule has 1 aliphatic carbocycles. The van der Waals surface area contributed by atoms with E-state index in [2.05, 4.69) is 51.1 Å². The molecule has 27 heavy (non-hydrogen) atoms. The molecule has 2 nitrogen and oxygen atoms in total. The molecule has 1 fully saturated rings. The van der Waals surface area contributed by atoms with Crippen molar-refractivity contribution in [3.05, 3.63) is 60.2 Å². The molecule has 0 aliphatic heterocycles. The van der Waals surface area contributed by atoms with Gasteiger partial charge >= 0.3 is 5.97 Å². The third-order valence-electron chi connectivity index (χ3n) is 6.19. The molecule has 1 saturated carbocycles. The molecule has 140 valence electrons. The van der Waals surface area contributed by atoms with Crippen LogP contribution in [0.1, 0.15) is 50.4 Å². The second kappa shape index (κ2) is 7.34. The van der Waals surface area contributed by atoms with E-state index in [9.17, 15) is 4.79 Å². The number of carbonyl (C=O) groups is 1. The van der Waals surface area contributed by atoms with Crippen molar-refractivity contribution < 1.29 is 9.53 Å². The lowest BCUT2D eigenvalue weighted by Crippen LogP contribution is -2.35. The molecule has 0 aromatic heterocycles. The second-order valence-electron chi connectivity index (χ2n) is 8.50. The van der Waals surface area contributed by atoms with Gasteiger partial charge in [-0.2, -0.15) is 0 Å². The summed E-state index contributed by atoms with van der Waals surface area (Å²) in [6, 6.07) is 18.5. The van der Waals surface area contributed by atoms with Crippen LogP contribution in [0.2, 0.25) is 0 Å². The molecule has 0 N–H and O–H groups in total. The number of fused-ring (bicyclic) bond motifs is 2. The summed E-state index contributed by atoms with van der Waals surface area (Å²) in [7, 11) is 0. The number of rotatable bonds is 3. The Kier molecular flexibility index (Phi) is 4.90. The van der Waals surface area contributed by atoms with Gasteiger partial charge in [0.1, 0.15) is 6.10 Å². The lowest BCUT2D eigenvalue weighted by molar-refractivity contribution is -0.0172. The lowest BCUT2D eigenvalue weighted by atomic mass is 9.75. The van der Waals surface area contributed by atoms with E-state index in [1.807, 2.05) is 24.3 Å². The van der Waals surface area contributed by atoms with E-state index in [1.165, 1.54) is 11.8 Å². The minimum Gasteiger partial charge on any atom is -0.458 e. The monoisotopic (exact) mass is 360 g/mol. The van der Waals surface area contributed by atoms with Gasteiger partial charge in [-0.1, -0.05) is 63.6 Å². The average molecular weight is 360 g/mol. The number of hydrogen-bond donors (Lipinski definition) is 0. The highest BCUT2D eigenvalue weighted by Crippen LogP contribution is 2.36. The molecule has 3 atom stereocenters. The van der Waals surface area contributed by atoms with Crippen LogP contribution in [0.3, 0.4) is 0 Å². The Morgan fingerprint density at radius 3 is 2.41 bits per heavy atom. The number of carbonyl (C=O) groups excluding carboxylic acids is 1. The van der Waals surface area contributed by atoms with Gasteiger partial charge in [-0.15, -0.1) is 0 Å². The normalized spacial score (nSPS) is 23.0. The van der Waals surface area contributed by atoms with Crippen LogP contribution in [0.15, 0.2) is 54.6 Å². The number of hydrogen-bond acceptors (Lipinski definition) is 2. The van der Waals surface area contributed by atoms with Crippen molar-refractivity contribution >= 4 is 27.5 Å². The molecule has 4 rings (SSSR count). The van der Waals surface area contributed by atoms with E-state index in [4.69, 9.17) is 4.74 Å². The molecule has 0 amide bonds. The summed E-state index contributed by atoms with van der Waals surface area (Å²) >= 11 is 0. The van der Waals surface area contributed by atoms with Crippen LogP contribution >= 0.6 is 0 Å². The standard InChI is InChI=1S/C25H28O2/c1-16(2)21-12-11-17(3)13-24(21)27-25(26)22-10-6-9-20-14-18-7-4-5-8-19(18)15-23(20)22/h4-10,14-17,21,24H,11-13H2,1-3H3. The van der Waals surface area contributed by atoms with Gasteiger partial charge in [-0.05, 0) is 70.3 Å². The zero-order chi connectivity index (χ0) is 19.0. The molecule has 3 aromatic rings. The highest BCUT2D eigenvalue weighted by molar-refractivity contribution is 6.08. The van der Waals surface area contributed by atoms with Gasteiger partial charge in [0, 0.05) is 0 Å². The van der Waals surface area contributed by atoms with Gasteiger partial charge < -0.3 is 4.74 Å². The van der Waals surface area contributed by atoms with Crippen LogP contribution in [0, 0.1) is 17.8 Å². The Morgan fingerprint density at radius 2 is 1.67 bits per heavy atom. The van der Waals surface area contributed by atoms with Crippen molar-refractivity contribution in [2.45, 2.75) is 46.1 Å². The van der Waals surface area contributed by atoms with Gasteiger partial charge in [0.2, 0.25) is 0 Å². The van der Waals surface area contributed by atoms with Gasteiger partial charge in [0.05, 0.1) is 5.56 Å². The Morgan fingerprint density at radius 1 is 0.963 bits per heavy atom. The summed E-state index contributed by atoms with van der Waals surface area (Å²) in [5.41, 5.74) is 0.680. The molecule has 0 saturated heterocycles. The Bertz CT molecular complexity index is 972. The smallest absolute Gasteiger partial charge is 0.339 e. The highest BCUT2D eigenvalue weighted by atomic mass is 16.5. The zero-order valence-electron chi connectivity index (χ0n) is 16.4. The molecule has 3 unspecified atom stereocenters. The van der Waals surface area contributed by atoms with Gasteiger partial charge in [0.25, 0.3) is 0 Å². The summed E-state index contributed by atoms with van der Waals surface area (Å²) in [6.07, 6.45) is 3.38. The minimum atomic E-state index is -0.180. The first-order valence-electron chi connectivity index (χ1n) is 10.2. The van der Waals surface area contributed by atoms with Crippen molar-refractivity contribution in [3.8, 4) is 0 Å². The molecule has 0 bridgehead atoms. The number of ether oxygens (including phenoxy) is 1. The quantitative estimate of drug-likeness (QED) is 0.388. The topological polar surface area (TPSA) is 26.3 Å². The fourth-order valence-corrected chi connectivity index (χ4v) is 4.60. The van der Waals surface area contributed by atoms with Crippen LogP contribution in [0.25, 0.3) is 21.5 Å². The third kappa shape index (κ3) is 3.58. The predicted octanol–water partition coefficient (Wildman–Crippen LogP) is 6.61. The first-order valence-corrected chi connectivity index (χ1v) is 10.2. The molecule has 0 radical (unpaired) electrons. The van der Waals surface area contributed by atoms with Crippen LogP contribution in [0.5, 0.6) is 0 Å². The van der Waals surface area contributed by atoms with Gasteiger partial charge in [-0.25, -0.2) is 4.79 Å². The maximum atomic E-state index is 13.1. The average Bonchev–Trinajstić information content (AvgIpc) is 2.65. The fraction of sp³-hybridized carbons (Fsp3) is 0.400. The van der Waals surface area contributed by atoms with Crippen molar-refractivity contribution in [1.29, 1.82) is 0 Å². The minimum absolute atomic E-state index is 0.0250. The van der Waals surface area contributed by atoms with Crippen LogP contribution in [-0.2, 0) is 4.74 Å². The molecular formula is C25H28O2. The number of benzene rings is 3. The van der Waals surface area contributed by atoms with Crippen LogP contribution in [0.4, 0.5) is 0 Å². The van der Waals surface area contributed by atoms with E-state index in [-0.39, 0.29) is 12.1 Å². The summed E-state index contributed by atoms with van der Waals surface area (Å²) in [5.74, 6) is 1.43. The van der Waals surface area contributed by atoms with E-state index in [0.29, 0.717) is 23.3 Å². The van der Waals surface area contributed by atoms with E-state index >= 15 is 0 Å². The molecule has 2 heteroatoms. The maximum Gasteiger partial charge on any atom is 0.339 e. The van der Waals surface area contributed by atoms with Crippen molar-refractivity contribution in [2.24, 2.45) is 17.8 Å². The van der Waals surface area contributed by atoms with E-state index in [0.717, 1.165) is 29.0 Å². The summed E-state index contributed by atoms with van der Waals surface area (Å²) in [4.78, 5) is 13.1. The molecule has 3 aromatic carbocycles. The van der Waals surface area contributed by atoms with Crippen molar-refractivity contribution in [3.63, 3.8) is 0 Å². The summed E-state index contributed by atoms with van der Waals surface area (Å²) in [5, 5.41) is 4.40. The van der Waals surface area contributed by atoms with Gasteiger partial charge in [-0.3, -0.25) is 0 Å². The Balaban J connectivity index is 1.68. The SMILES string of the molecule is CC1CCC(C(C)C)C(OC(=O)c2cccc3cc4ccccc4cc23)C1. The predicted molar refractivity (Wildman–Crippen MR) is 112 cm³/mol.